The molecule has 9 nitrogen and oxygen atoms in total. The van der Waals surface area contributed by atoms with Crippen molar-refractivity contribution in [1.29, 1.82) is 0 Å². The number of benzene rings is 2. The molecule has 2 aliphatic rings. The fourth-order valence-corrected chi connectivity index (χ4v) is 4.61. The number of methoxy groups -OCH3 is 1. The van der Waals surface area contributed by atoms with Crippen LogP contribution in [0.4, 0.5) is 4.79 Å². The van der Waals surface area contributed by atoms with Crippen LogP contribution in [0.15, 0.2) is 42.5 Å². The molecule has 2 bridgehead atoms. The van der Waals surface area contributed by atoms with Crippen LogP contribution in [0, 0.1) is 0 Å². The molecule has 0 saturated carbocycles. The van der Waals surface area contributed by atoms with Gasteiger partial charge >= 0.3 is 6.16 Å². The molecule has 0 aliphatic carbocycles. The summed E-state index contributed by atoms with van der Waals surface area (Å²) in [5.74, 6) is -2.64. The second kappa shape index (κ2) is 10.3. The Morgan fingerprint density at radius 2 is 1.89 bits per heavy atom. The van der Waals surface area contributed by atoms with Crippen LogP contribution in [-0.4, -0.2) is 67.4 Å². The number of ether oxygens (including phenoxy) is 6. The third kappa shape index (κ3) is 4.72. The lowest BCUT2D eigenvalue weighted by atomic mass is 9.87. The van der Waals surface area contributed by atoms with E-state index in [0.29, 0.717) is 23.6 Å². The Morgan fingerprint density at radius 3 is 2.54 bits per heavy atom. The molecule has 0 aromatic heterocycles. The zero-order chi connectivity index (χ0) is 25.2. The molecular formula is C25H29ClO9. The van der Waals surface area contributed by atoms with Gasteiger partial charge in [-0.15, -0.1) is 0 Å². The van der Waals surface area contributed by atoms with Crippen LogP contribution in [0.2, 0.25) is 5.02 Å². The highest BCUT2D eigenvalue weighted by Gasteiger charge is 2.69. The summed E-state index contributed by atoms with van der Waals surface area (Å²) in [7, 11) is 1.34. The van der Waals surface area contributed by atoms with E-state index in [1.807, 2.05) is 31.2 Å². The van der Waals surface area contributed by atoms with Gasteiger partial charge in [0.05, 0.1) is 13.2 Å². The van der Waals surface area contributed by atoms with E-state index in [1.165, 1.54) is 7.11 Å². The number of rotatable bonds is 8. The summed E-state index contributed by atoms with van der Waals surface area (Å²) < 4.78 is 33.1. The first kappa shape index (κ1) is 25.7. The molecule has 0 unspecified atom stereocenters. The number of aliphatic hydroxyl groups excluding tert-OH is 2. The number of fused-ring (bicyclic) bond motifs is 2. The number of hydrogen-bond donors (Lipinski definition) is 2. The Morgan fingerprint density at radius 1 is 1.14 bits per heavy atom. The van der Waals surface area contributed by atoms with Crippen molar-refractivity contribution in [2.75, 3.05) is 26.9 Å². The summed E-state index contributed by atoms with van der Waals surface area (Å²) in [6.45, 7) is 3.99. The van der Waals surface area contributed by atoms with Gasteiger partial charge in [-0.25, -0.2) is 4.79 Å². The van der Waals surface area contributed by atoms with Gasteiger partial charge in [0.2, 0.25) is 11.6 Å². The molecule has 35 heavy (non-hydrogen) atoms. The molecule has 2 aliphatic heterocycles. The number of carbonyl (C=O) groups is 1. The quantitative estimate of drug-likeness (QED) is 0.519. The summed E-state index contributed by atoms with van der Waals surface area (Å²) in [6.07, 6.45) is -5.09. The molecular weight excluding hydrogens is 480 g/mol. The van der Waals surface area contributed by atoms with Crippen LogP contribution in [0.25, 0.3) is 0 Å². The van der Waals surface area contributed by atoms with Crippen molar-refractivity contribution in [2.24, 2.45) is 0 Å². The van der Waals surface area contributed by atoms with E-state index in [9.17, 15) is 15.0 Å². The fourth-order valence-electron chi connectivity index (χ4n) is 4.42. The van der Waals surface area contributed by atoms with E-state index in [0.717, 1.165) is 16.9 Å². The normalized spacial score (nSPS) is 29.6. The summed E-state index contributed by atoms with van der Waals surface area (Å²) in [5.41, 5.74) is 2.19. The van der Waals surface area contributed by atoms with Gasteiger partial charge in [0.25, 0.3) is 0 Å². The lowest BCUT2D eigenvalue weighted by Crippen LogP contribution is -2.66. The average molecular weight is 509 g/mol. The van der Waals surface area contributed by atoms with Crippen LogP contribution in [0.3, 0.4) is 0 Å². The van der Waals surface area contributed by atoms with Crippen molar-refractivity contribution in [3.8, 4) is 5.75 Å². The van der Waals surface area contributed by atoms with E-state index in [4.69, 9.17) is 40.0 Å². The Labute approximate surface area is 208 Å². The van der Waals surface area contributed by atoms with Crippen molar-refractivity contribution >= 4 is 17.8 Å². The SMILES string of the molecule is CCOC(=O)O[C@H]1[C@H](O)[C@@H](O)[C@@]2(c3ccc(Cl)c(Cc4ccc(OCC)cc4)c3)OC[C@]1(OC)O2. The largest absolute Gasteiger partial charge is 0.508 e. The smallest absolute Gasteiger partial charge is 0.494 e. The summed E-state index contributed by atoms with van der Waals surface area (Å²) >= 11 is 6.48. The first-order valence-electron chi connectivity index (χ1n) is 11.4. The zero-order valence-electron chi connectivity index (χ0n) is 19.7. The minimum Gasteiger partial charge on any atom is -0.494 e. The van der Waals surface area contributed by atoms with Gasteiger partial charge in [-0.1, -0.05) is 29.8 Å². The molecule has 0 radical (unpaired) electrons. The van der Waals surface area contributed by atoms with Gasteiger partial charge in [-0.3, -0.25) is 0 Å². The predicted octanol–water partition coefficient (Wildman–Crippen LogP) is 3.15. The molecule has 5 atom stereocenters. The van der Waals surface area contributed by atoms with Gasteiger partial charge in [0.1, 0.15) is 24.6 Å². The zero-order valence-corrected chi connectivity index (χ0v) is 20.5. The molecule has 0 amide bonds. The number of hydrogen-bond acceptors (Lipinski definition) is 9. The summed E-state index contributed by atoms with van der Waals surface area (Å²) in [5, 5.41) is 22.5. The minimum absolute atomic E-state index is 0.0768. The molecule has 10 heteroatoms. The van der Waals surface area contributed by atoms with Gasteiger partial charge in [0, 0.05) is 17.7 Å². The third-order valence-electron chi connectivity index (χ3n) is 6.18. The lowest BCUT2D eigenvalue weighted by Gasteiger charge is -2.46. The Hall–Kier alpha value is -2.40. The van der Waals surface area contributed by atoms with Crippen molar-refractivity contribution in [2.45, 2.75) is 50.2 Å². The van der Waals surface area contributed by atoms with Gasteiger partial charge in [-0.05, 0) is 55.7 Å². The Kier molecular flexibility index (Phi) is 7.56. The molecule has 2 heterocycles. The highest BCUT2D eigenvalue weighted by molar-refractivity contribution is 6.31. The predicted molar refractivity (Wildman–Crippen MR) is 124 cm³/mol. The van der Waals surface area contributed by atoms with Gasteiger partial charge in [-0.2, -0.15) is 0 Å². The van der Waals surface area contributed by atoms with E-state index in [-0.39, 0.29) is 13.2 Å². The Bertz CT molecular complexity index is 1050. The van der Waals surface area contributed by atoms with E-state index < -0.39 is 36.0 Å². The van der Waals surface area contributed by atoms with Crippen molar-refractivity contribution < 1.29 is 43.4 Å². The first-order chi connectivity index (χ1) is 16.8. The second-order valence-corrected chi connectivity index (χ2v) is 8.70. The lowest BCUT2D eigenvalue weighted by molar-refractivity contribution is -0.375. The number of aliphatic hydroxyl groups is 2. The maximum atomic E-state index is 11.9. The molecule has 2 saturated heterocycles. The molecule has 2 fully saturated rings. The average Bonchev–Trinajstić information content (AvgIpc) is 3.23. The molecule has 4 rings (SSSR count). The molecule has 2 aromatic carbocycles. The van der Waals surface area contributed by atoms with Crippen molar-refractivity contribution in [1.82, 2.24) is 0 Å². The first-order valence-corrected chi connectivity index (χ1v) is 11.8. The number of halogens is 1. The molecule has 0 spiro atoms. The molecule has 2 aromatic rings. The summed E-state index contributed by atoms with van der Waals surface area (Å²) in [6, 6.07) is 12.7. The standard InChI is InChI=1S/C25H29ClO9/c1-4-31-18-9-6-15(7-10-18)12-16-13-17(8-11-19(16)26)25-21(28)20(27)22(34-23(29)32-5-2)24(30-3,35-25)14-33-25/h6-11,13,20-22,27-28H,4-5,12,14H2,1-3H3/t20-,21-,22+,24+,25+/m1/s1. The Balaban J connectivity index is 1.63. The molecule has 2 N–H and O–H groups in total. The third-order valence-corrected chi connectivity index (χ3v) is 6.55. The van der Waals surface area contributed by atoms with Crippen LogP contribution in [0.5, 0.6) is 5.75 Å². The van der Waals surface area contributed by atoms with Crippen LogP contribution in [0.1, 0.15) is 30.5 Å². The fraction of sp³-hybridized carbons (Fsp3) is 0.480. The van der Waals surface area contributed by atoms with Gasteiger partial charge < -0.3 is 38.6 Å². The van der Waals surface area contributed by atoms with E-state index in [2.05, 4.69) is 0 Å². The maximum Gasteiger partial charge on any atom is 0.508 e. The second-order valence-electron chi connectivity index (χ2n) is 8.29. The maximum absolute atomic E-state index is 11.9. The topological polar surface area (TPSA) is 113 Å². The van der Waals surface area contributed by atoms with E-state index >= 15 is 0 Å². The van der Waals surface area contributed by atoms with Gasteiger partial charge in [0.15, 0.2) is 6.10 Å². The van der Waals surface area contributed by atoms with Crippen LogP contribution >= 0.6 is 11.6 Å². The van der Waals surface area contributed by atoms with Crippen LogP contribution < -0.4 is 4.74 Å². The minimum atomic E-state index is -1.76. The monoisotopic (exact) mass is 508 g/mol. The van der Waals surface area contributed by atoms with Crippen LogP contribution in [-0.2, 0) is 35.9 Å². The highest BCUT2D eigenvalue weighted by Crippen LogP contribution is 2.51. The number of carbonyl (C=O) groups excluding carboxylic acids is 1. The van der Waals surface area contributed by atoms with Crippen molar-refractivity contribution in [3.05, 3.63) is 64.2 Å². The highest BCUT2D eigenvalue weighted by atomic mass is 35.5. The summed E-state index contributed by atoms with van der Waals surface area (Å²) in [4.78, 5) is 11.9. The molecule has 190 valence electrons. The van der Waals surface area contributed by atoms with Crippen molar-refractivity contribution in [3.63, 3.8) is 0 Å². The van der Waals surface area contributed by atoms with E-state index in [1.54, 1.807) is 25.1 Å².